The molecule has 0 bridgehead atoms. The predicted molar refractivity (Wildman–Crippen MR) is 159 cm³/mol. The normalized spacial score (nSPS) is 17.1. The average Bonchev–Trinajstić information content (AvgIpc) is 3.17. The Balaban J connectivity index is 1.31. The number of benzene rings is 3. The van der Waals surface area contributed by atoms with Crippen LogP contribution in [0.5, 0.6) is 0 Å². The van der Waals surface area contributed by atoms with Gasteiger partial charge in [-0.25, -0.2) is 8.42 Å². The molecule has 2 aliphatic rings. The molecular formula is C32H39N3O4S. The molecule has 1 unspecified atom stereocenters. The summed E-state index contributed by atoms with van der Waals surface area (Å²) in [4.78, 5) is 29.2. The largest absolute Gasteiger partial charge is 0.352 e. The Kier molecular flexibility index (Phi) is 8.45. The summed E-state index contributed by atoms with van der Waals surface area (Å²) in [5.74, 6) is -0.238. The Morgan fingerprint density at radius 2 is 1.70 bits per heavy atom. The van der Waals surface area contributed by atoms with Gasteiger partial charge in [0.15, 0.2) is 0 Å². The van der Waals surface area contributed by atoms with Crippen molar-refractivity contribution in [2.75, 3.05) is 10.8 Å². The van der Waals surface area contributed by atoms with Crippen LogP contribution < -0.4 is 9.62 Å². The summed E-state index contributed by atoms with van der Waals surface area (Å²) < 4.78 is 28.1. The van der Waals surface area contributed by atoms with Crippen LogP contribution in [0.2, 0.25) is 0 Å². The fraction of sp³-hybridized carbons (Fsp3) is 0.438. The van der Waals surface area contributed by atoms with Crippen LogP contribution in [0.25, 0.3) is 10.8 Å². The second-order valence-corrected chi connectivity index (χ2v) is 12.9. The monoisotopic (exact) mass is 561 g/mol. The predicted octanol–water partition coefficient (Wildman–Crippen LogP) is 5.69. The number of rotatable bonds is 10. The van der Waals surface area contributed by atoms with Gasteiger partial charge in [0.25, 0.3) is 10.0 Å². The maximum Gasteiger partial charge on any atom is 0.265 e. The lowest BCUT2D eigenvalue weighted by atomic mass is 9.95. The summed E-state index contributed by atoms with van der Waals surface area (Å²) in [6.07, 6.45) is 6.41. The van der Waals surface area contributed by atoms with Crippen molar-refractivity contribution >= 4 is 38.3 Å². The zero-order valence-corrected chi connectivity index (χ0v) is 24.3. The van der Waals surface area contributed by atoms with E-state index in [2.05, 4.69) is 5.32 Å². The van der Waals surface area contributed by atoms with E-state index in [9.17, 15) is 18.0 Å². The van der Waals surface area contributed by atoms with Crippen LogP contribution in [0.15, 0.2) is 65.6 Å². The molecule has 1 fully saturated rings. The van der Waals surface area contributed by atoms with Gasteiger partial charge >= 0.3 is 0 Å². The highest BCUT2D eigenvalue weighted by molar-refractivity contribution is 7.93. The SMILES string of the molecule is CCC(C(=O)NC1CCCCC1)N(Cc1ccc(C)cc1)C(=O)CCCN1c2cccc3cccc(c23)S1(=O)=O. The molecule has 1 heterocycles. The Hall–Kier alpha value is -3.39. The molecule has 1 saturated carbocycles. The molecule has 0 saturated heterocycles. The van der Waals surface area contributed by atoms with Crippen molar-refractivity contribution in [2.24, 2.45) is 0 Å². The Morgan fingerprint density at radius 3 is 2.40 bits per heavy atom. The van der Waals surface area contributed by atoms with Gasteiger partial charge in [-0.3, -0.25) is 13.9 Å². The minimum atomic E-state index is -3.68. The van der Waals surface area contributed by atoms with Crippen molar-refractivity contribution in [1.29, 1.82) is 0 Å². The minimum absolute atomic E-state index is 0.0980. The van der Waals surface area contributed by atoms with E-state index in [1.54, 1.807) is 17.0 Å². The Morgan fingerprint density at radius 1 is 1.00 bits per heavy atom. The van der Waals surface area contributed by atoms with Crippen molar-refractivity contribution in [3.05, 3.63) is 71.8 Å². The molecule has 40 heavy (non-hydrogen) atoms. The van der Waals surface area contributed by atoms with Gasteiger partial charge in [-0.05, 0) is 55.7 Å². The molecular weight excluding hydrogens is 522 g/mol. The van der Waals surface area contributed by atoms with Gasteiger partial charge in [0, 0.05) is 30.9 Å². The van der Waals surface area contributed by atoms with Gasteiger partial charge in [-0.15, -0.1) is 0 Å². The third-order valence-corrected chi connectivity index (χ3v) is 10.1. The number of amides is 2. The van der Waals surface area contributed by atoms with E-state index in [0.29, 0.717) is 30.0 Å². The molecule has 8 heteroatoms. The summed E-state index contributed by atoms with van der Waals surface area (Å²) in [7, 11) is -3.68. The number of anilines is 1. The summed E-state index contributed by atoms with van der Waals surface area (Å²) in [5.41, 5.74) is 2.76. The van der Waals surface area contributed by atoms with Gasteiger partial charge < -0.3 is 10.2 Å². The van der Waals surface area contributed by atoms with Crippen LogP contribution in [0.3, 0.4) is 0 Å². The third-order valence-electron chi connectivity index (χ3n) is 8.24. The molecule has 0 spiro atoms. The first-order chi connectivity index (χ1) is 19.3. The number of nitrogens with one attached hydrogen (secondary N) is 1. The second-order valence-electron chi connectivity index (χ2n) is 11.1. The molecule has 0 aromatic heterocycles. The molecule has 212 valence electrons. The van der Waals surface area contributed by atoms with Crippen LogP contribution in [-0.2, 0) is 26.2 Å². The van der Waals surface area contributed by atoms with E-state index < -0.39 is 16.1 Å². The van der Waals surface area contributed by atoms with E-state index in [4.69, 9.17) is 0 Å². The standard InChI is InChI=1S/C32H39N3O4S/c1-3-27(32(37)33-26-12-5-4-6-13-26)34(22-24-19-17-23(2)18-20-24)30(36)16-9-21-35-28-14-7-10-25-11-8-15-29(31(25)28)40(35,38)39/h7-8,10-11,14-15,17-20,26-27H,3-6,9,12-13,16,21-22H2,1-2H3,(H,33,37). The molecule has 0 radical (unpaired) electrons. The van der Waals surface area contributed by atoms with Gasteiger partial charge in [0.1, 0.15) is 6.04 Å². The van der Waals surface area contributed by atoms with Gasteiger partial charge in [-0.1, -0.05) is 80.3 Å². The number of hydrogen-bond donors (Lipinski definition) is 1. The van der Waals surface area contributed by atoms with Gasteiger partial charge in [0.05, 0.1) is 10.6 Å². The lowest BCUT2D eigenvalue weighted by molar-refractivity contribution is -0.141. The maximum absolute atomic E-state index is 13.7. The Labute approximate surface area is 237 Å². The molecule has 5 rings (SSSR count). The molecule has 2 amide bonds. The number of carbonyl (C=O) groups is 2. The topological polar surface area (TPSA) is 86.8 Å². The first-order valence-corrected chi connectivity index (χ1v) is 15.9. The first kappa shape index (κ1) is 28.1. The maximum atomic E-state index is 13.7. The van der Waals surface area contributed by atoms with E-state index in [-0.39, 0.29) is 30.8 Å². The van der Waals surface area contributed by atoms with Crippen LogP contribution >= 0.6 is 0 Å². The van der Waals surface area contributed by atoms with Crippen molar-refractivity contribution in [3.8, 4) is 0 Å². The summed E-state index contributed by atoms with van der Waals surface area (Å²) in [6, 6.07) is 18.5. The van der Waals surface area contributed by atoms with Crippen LogP contribution in [0, 0.1) is 6.92 Å². The minimum Gasteiger partial charge on any atom is -0.352 e. The third kappa shape index (κ3) is 5.73. The summed E-state index contributed by atoms with van der Waals surface area (Å²) in [5, 5.41) is 4.84. The highest BCUT2D eigenvalue weighted by Crippen LogP contribution is 2.42. The first-order valence-electron chi connectivity index (χ1n) is 14.5. The molecule has 1 N–H and O–H groups in total. The zero-order chi connectivity index (χ0) is 28.3. The quantitative estimate of drug-likeness (QED) is 0.344. The lowest BCUT2D eigenvalue weighted by Gasteiger charge is -2.33. The van der Waals surface area contributed by atoms with Crippen molar-refractivity contribution < 1.29 is 18.0 Å². The molecule has 7 nitrogen and oxygen atoms in total. The van der Waals surface area contributed by atoms with Gasteiger partial charge in [0.2, 0.25) is 11.8 Å². The molecule has 3 aromatic rings. The van der Waals surface area contributed by atoms with E-state index >= 15 is 0 Å². The summed E-state index contributed by atoms with van der Waals surface area (Å²) in [6.45, 7) is 4.49. The van der Waals surface area contributed by atoms with E-state index in [1.165, 1.54) is 10.7 Å². The van der Waals surface area contributed by atoms with Crippen molar-refractivity contribution in [3.63, 3.8) is 0 Å². The fourth-order valence-corrected chi connectivity index (χ4v) is 7.82. The smallest absolute Gasteiger partial charge is 0.265 e. The number of hydrogen-bond acceptors (Lipinski definition) is 4. The van der Waals surface area contributed by atoms with Crippen LogP contribution in [0.1, 0.15) is 69.4 Å². The van der Waals surface area contributed by atoms with E-state index in [0.717, 1.165) is 47.6 Å². The molecule has 1 aliphatic carbocycles. The molecule has 3 aromatic carbocycles. The highest BCUT2D eigenvalue weighted by atomic mass is 32.2. The fourth-order valence-electron chi connectivity index (χ4n) is 6.07. The lowest BCUT2D eigenvalue weighted by Crippen LogP contribution is -2.51. The highest BCUT2D eigenvalue weighted by Gasteiger charge is 2.36. The number of aryl methyl sites for hydroxylation is 1. The number of sulfonamides is 1. The number of carbonyl (C=O) groups excluding carboxylic acids is 2. The van der Waals surface area contributed by atoms with Crippen LogP contribution in [0.4, 0.5) is 5.69 Å². The average molecular weight is 562 g/mol. The molecule has 1 atom stereocenters. The zero-order valence-electron chi connectivity index (χ0n) is 23.4. The molecule has 1 aliphatic heterocycles. The van der Waals surface area contributed by atoms with Crippen molar-refractivity contribution in [2.45, 2.75) is 88.7 Å². The van der Waals surface area contributed by atoms with Gasteiger partial charge in [-0.2, -0.15) is 0 Å². The second kappa shape index (κ2) is 12.0. The van der Waals surface area contributed by atoms with E-state index in [1.807, 2.05) is 62.4 Å². The summed E-state index contributed by atoms with van der Waals surface area (Å²) >= 11 is 0. The van der Waals surface area contributed by atoms with Crippen LogP contribution in [-0.4, -0.2) is 43.8 Å². The van der Waals surface area contributed by atoms with Crippen molar-refractivity contribution in [1.82, 2.24) is 10.2 Å². The number of nitrogens with zero attached hydrogens (tertiary/aromatic N) is 2. The Bertz CT molecular complexity index is 1470.